The Morgan fingerprint density at radius 2 is 1.94 bits per heavy atom. The number of ether oxygens (including phenoxy) is 1. The number of esters is 1. The first kappa shape index (κ1) is 16.2. The Kier molecular flexibility index (Phi) is 7.50. The number of rotatable bonds is 7. The molecule has 7 heteroatoms. The molecule has 1 atom stereocenters. The molecule has 0 fully saturated rings. The molecule has 0 spiro atoms. The van der Waals surface area contributed by atoms with Crippen molar-refractivity contribution < 1.29 is 24.2 Å². The van der Waals surface area contributed by atoms with E-state index in [1.54, 1.807) is 6.92 Å². The highest BCUT2D eigenvalue weighted by Gasteiger charge is 2.21. The molecule has 0 aromatic rings. The standard InChI is InChI=1S/C11H20N2O5/c1-4-6-8(10(15)16)12-11(17)13(3)7-9(14)18-5-2/h8H,4-7H2,1-3H3,(H,12,17)(H,15,16)/t8-/m1/s1. The Bertz CT molecular complexity index is 306. The van der Waals surface area contributed by atoms with Gasteiger partial charge in [0.25, 0.3) is 0 Å². The SMILES string of the molecule is CCC[C@@H](NC(=O)N(C)CC(=O)OCC)C(=O)O. The minimum Gasteiger partial charge on any atom is -0.480 e. The second kappa shape index (κ2) is 8.32. The maximum Gasteiger partial charge on any atom is 0.326 e. The van der Waals surface area contributed by atoms with Crippen molar-refractivity contribution in [3.63, 3.8) is 0 Å². The fourth-order valence-corrected chi connectivity index (χ4v) is 1.28. The van der Waals surface area contributed by atoms with Gasteiger partial charge in [-0.25, -0.2) is 9.59 Å². The number of urea groups is 1. The van der Waals surface area contributed by atoms with E-state index in [0.29, 0.717) is 12.8 Å². The van der Waals surface area contributed by atoms with Crippen LogP contribution >= 0.6 is 0 Å². The Hall–Kier alpha value is -1.79. The molecule has 0 aromatic carbocycles. The summed E-state index contributed by atoms with van der Waals surface area (Å²) in [6.07, 6.45) is 0.979. The van der Waals surface area contributed by atoms with Gasteiger partial charge in [0.1, 0.15) is 12.6 Å². The van der Waals surface area contributed by atoms with Crippen LogP contribution in [0.1, 0.15) is 26.7 Å². The molecule has 0 aromatic heterocycles. The van der Waals surface area contributed by atoms with E-state index >= 15 is 0 Å². The van der Waals surface area contributed by atoms with Crippen LogP contribution in [0, 0.1) is 0 Å². The lowest BCUT2D eigenvalue weighted by Crippen LogP contribution is -2.48. The topological polar surface area (TPSA) is 95.9 Å². The van der Waals surface area contributed by atoms with Crippen LogP contribution in [0.15, 0.2) is 0 Å². The van der Waals surface area contributed by atoms with Crippen molar-refractivity contribution in [1.29, 1.82) is 0 Å². The number of carbonyl (C=O) groups is 3. The zero-order valence-corrected chi connectivity index (χ0v) is 10.9. The van der Waals surface area contributed by atoms with Gasteiger partial charge in [-0.3, -0.25) is 4.79 Å². The number of aliphatic carboxylic acids is 1. The molecular formula is C11H20N2O5. The van der Waals surface area contributed by atoms with Crippen LogP contribution in [-0.4, -0.2) is 54.2 Å². The van der Waals surface area contributed by atoms with Crippen molar-refractivity contribution in [2.45, 2.75) is 32.7 Å². The largest absolute Gasteiger partial charge is 0.480 e. The van der Waals surface area contributed by atoms with E-state index < -0.39 is 24.0 Å². The molecule has 0 aliphatic heterocycles. The van der Waals surface area contributed by atoms with Gasteiger partial charge in [-0.2, -0.15) is 0 Å². The molecule has 0 aliphatic carbocycles. The number of nitrogens with zero attached hydrogens (tertiary/aromatic N) is 1. The first-order valence-electron chi connectivity index (χ1n) is 5.82. The van der Waals surface area contributed by atoms with Crippen molar-refractivity contribution in [2.24, 2.45) is 0 Å². The summed E-state index contributed by atoms with van der Waals surface area (Å²) in [6, 6.07) is -1.55. The number of hydrogen-bond donors (Lipinski definition) is 2. The van der Waals surface area contributed by atoms with Gasteiger partial charge >= 0.3 is 18.0 Å². The summed E-state index contributed by atoms with van der Waals surface area (Å²) in [4.78, 5) is 34.7. The third-order valence-corrected chi connectivity index (χ3v) is 2.19. The zero-order chi connectivity index (χ0) is 14.1. The maximum absolute atomic E-state index is 11.6. The van der Waals surface area contributed by atoms with E-state index in [4.69, 9.17) is 5.11 Å². The normalized spacial score (nSPS) is 11.5. The van der Waals surface area contributed by atoms with Gasteiger partial charge in [0.15, 0.2) is 0 Å². The number of likely N-dealkylation sites (N-methyl/N-ethyl adjacent to an activating group) is 1. The first-order chi connectivity index (χ1) is 8.42. The number of carboxylic acid groups (broad SMARTS) is 1. The molecule has 104 valence electrons. The molecule has 0 saturated heterocycles. The summed E-state index contributed by atoms with van der Waals surface area (Å²) in [5.41, 5.74) is 0. The Morgan fingerprint density at radius 3 is 2.39 bits per heavy atom. The van der Waals surface area contributed by atoms with E-state index in [-0.39, 0.29) is 13.2 Å². The Balaban J connectivity index is 4.28. The van der Waals surface area contributed by atoms with Gasteiger partial charge < -0.3 is 20.1 Å². The van der Waals surface area contributed by atoms with Crippen molar-refractivity contribution in [3.8, 4) is 0 Å². The highest BCUT2D eigenvalue weighted by molar-refractivity contribution is 5.84. The molecule has 18 heavy (non-hydrogen) atoms. The van der Waals surface area contributed by atoms with Gasteiger partial charge in [-0.15, -0.1) is 0 Å². The van der Waals surface area contributed by atoms with Gasteiger partial charge in [-0.05, 0) is 13.3 Å². The fraction of sp³-hybridized carbons (Fsp3) is 0.727. The molecule has 0 rings (SSSR count). The summed E-state index contributed by atoms with van der Waals surface area (Å²) in [5.74, 6) is -1.62. The summed E-state index contributed by atoms with van der Waals surface area (Å²) in [5, 5.41) is 11.2. The van der Waals surface area contributed by atoms with Crippen LogP contribution in [0.5, 0.6) is 0 Å². The second-order valence-corrected chi connectivity index (χ2v) is 3.79. The van der Waals surface area contributed by atoms with E-state index in [1.807, 2.05) is 6.92 Å². The number of carbonyl (C=O) groups excluding carboxylic acids is 2. The van der Waals surface area contributed by atoms with Gasteiger partial charge in [0.2, 0.25) is 0 Å². The summed E-state index contributed by atoms with van der Waals surface area (Å²) in [7, 11) is 1.40. The predicted octanol–water partition coefficient (Wildman–Crippen LogP) is 0.444. The fourth-order valence-electron chi connectivity index (χ4n) is 1.28. The van der Waals surface area contributed by atoms with Crippen LogP contribution in [0.4, 0.5) is 4.79 Å². The van der Waals surface area contributed by atoms with Crippen molar-refractivity contribution >= 4 is 18.0 Å². The molecular weight excluding hydrogens is 240 g/mol. The third kappa shape index (κ3) is 6.07. The summed E-state index contributed by atoms with van der Waals surface area (Å²) >= 11 is 0. The first-order valence-corrected chi connectivity index (χ1v) is 5.82. The molecule has 7 nitrogen and oxygen atoms in total. The summed E-state index contributed by atoms with van der Waals surface area (Å²) < 4.78 is 4.69. The van der Waals surface area contributed by atoms with E-state index in [0.717, 1.165) is 4.90 Å². The van der Waals surface area contributed by atoms with Crippen LogP contribution in [-0.2, 0) is 14.3 Å². The second-order valence-electron chi connectivity index (χ2n) is 3.79. The van der Waals surface area contributed by atoms with Gasteiger partial charge in [0.05, 0.1) is 6.61 Å². The van der Waals surface area contributed by atoms with Crippen LogP contribution in [0.3, 0.4) is 0 Å². The lowest BCUT2D eigenvalue weighted by atomic mass is 10.2. The highest BCUT2D eigenvalue weighted by atomic mass is 16.5. The molecule has 0 saturated carbocycles. The zero-order valence-electron chi connectivity index (χ0n) is 10.9. The van der Waals surface area contributed by atoms with Gasteiger partial charge in [-0.1, -0.05) is 13.3 Å². The Labute approximate surface area is 106 Å². The van der Waals surface area contributed by atoms with E-state index in [1.165, 1.54) is 7.05 Å². The third-order valence-electron chi connectivity index (χ3n) is 2.19. The smallest absolute Gasteiger partial charge is 0.326 e. The number of carboxylic acids is 1. The molecule has 0 aliphatic rings. The minimum absolute atomic E-state index is 0.210. The molecule has 2 N–H and O–H groups in total. The minimum atomic E-state index is -1.09. The molecule has 0 bridgehead atoms. The van der Waals surface area contributed by atoms with E-state index in [9.17, 15) is 14.4 Å². The summed E-state index contributed by atoms with van der Waals surface area (Å²) in [6.45, 7) is 3.52. The molecule has 0 heterocycles. The lowest BCUT2D eigenvalue weighted by molar-refractivity contribution is -0.143. The number of amides is 2. The van der Waals surface area contributed by atoms with Crippen molar-refractivity contribution in [1.82, 2.24) is 10.2 Å². The maximum atomic E-state index is 11.6. The predicted molar refractivity (Wildman–Crippen MR) is 64.1 cm³/mol. The van der Waals surface area contributed by atoms with Crippen LogP contribution in [0.2, 0.25) is 0 Å². The lowest BCUT2D eigenvalue weighted by Gasteiger charge is -2.20. The number of hydrogen-bond acceptors (Lipinski definition) is 4. The Morgan fingerprint density at radius 1 is 1.33 bits per heavy atom. The molecule has 2 amide bonds. The number of nitrogens with one attached hydrogen (secondary N) is 1. The molecule has 0 unspecified atom stereocenters. The van der Waals surface area contributed by atoms with Gasteiger partial charge in [0, 0.05) is 7.05 Å². The van der Waals surface area contributed by atoms with Crippen LogP contribution < -0.4 is 5.32 Å². The quantitative estimate of drug-likeness (QED) is 0.648. The monoisotopic (exact) mass is 260 g/mol. The average molecular weight is 260 g/mol. The van der Waals surface area contributed by atoms with Crippen molar-refractivity contribution in [3.05, 3.63) is 0 Å². The van der Waals surface area contributed by atoms with E-state index in [2.05, 4.69) is 10.1 Å². The highest BCUT2D eigenvalue weighted by Crippen LogP contribution is 1.98. The van der Waals surface area contributed by atoms with Crippen molar-refractivity contribution in [2.75, 3.05) is 20.2 Å². The average Bonchev–Trinajstić information content (AvgIpc) is 2.28. The molecule has 0 radical (unpaired) electrons. The van der Waals surface area contributed by atoms with Crippen LogP contribution in [0.25, 0.3) is 0 Å².